The summed E-state index contributed by atoms with van der Waals surface area (Å²) >= 11 is 0. The van der Waals surface area contributed by atoms with Gasteiger partial charge in [0.25, 0.3) is 0 Å². The van der Waals surface area contributed by atoms with Crippen LogP contribution >= 0.6 is 0 Å². The summed E-state index contributed by atoms with van der Waals surface area (Å²) in [5.74, 6) is 0. The smallest absolute Gasteiger partial charge is 0.379 e. The van der Waals surface area contributed by atoms with Crippen LogP contribution in [0.25, 0.3) is 0 Å². The van der Waals surface area contributed by atoms with Gasteiger partial charge in [0.05, 0.1) is 12.6 Å². The standard InChI is InChI=1S/C10H15F3N2O2/c11-10(12,13)6-15(8-1-2-8)9(16)14-7-3-4-17-5-7/h7-8H,1-6H2,(H,14,16). The minimum Gasteiger partial charge on any atom is -0.379 e. The summed E-state index contributed by atoms with van der Waals surface area (Å²) < 4.78 is 42.0. The first-order valence-electron chi connectivity index (χ1n) is 5.67. The first-order chi connectivity index (χ1) is 7.96. The topological polar surface area (TPSA) is 41.6 Å². The largest absolute Gasteiger partial charge is 0.406 e. The first-order valence-corrected chi connectivity index (χ1v) is 5.67. The SMILES string of the molecule is O=C(NC1CCOC1)N(CC(F)(F)F)C1CC1. The fourth-order valence-corrected chi connectivity index (χ4v) is 1.85. The van der Waals surface area contributed by atoms with E-state index in [4.69, 9.17) is 4.74 Å². The molecule has 98 valence electrons. The van der Waals surface area contributed by atoms with E-state index in [1.165, 1.54) is 0 Å². The normalized spacial score (nSPS) is 24.8. The number of nitrogens with zero attached hydrogens (tertiary/aromatic N) is 1. The molecule has 0 aromatic heterocycles. The summed E-state index contributed by atoms with van der Waals surface area (Å²) in [4.78, 5) is 12.6. The lowest BCUT2D eigenvalue weighted by molar-refractivity contribution is -0.141. The van der Waals surface area contributed by atoms with E-state index in [1.54, 1.807) is 0 Å². The highest BCUT2D eigenvalue weighted by atomic mass is 19.4. The van der Waals surface area contributed by atoms with E-state index >= 15 is 0 Å². The highest BCUT2D eigenvalue weighted by Crippen LogP contribution is 2.30. The predicted octanol–water partition coefficient (Wildman–Crippen LogP) is 1.51. The van der Waals surface area contributed by atoms with Gasteiger partial charge < -0.3 is 15.0 Å². The predicted molar refractivity (Wildman–Crippen MR) is 53.5 cm³/mol. The summed E-state index contributed by atoms with van der Waals surface area (Å²) in [6.07, 6.45) is -2.36. The maximum atomic E-state index is 12.3. The molecule has 1 N–H and O–H groups in total. The molecule has 1 aliphatic carbocycles. The van der Waals surface area contributed by atoms with Crippen molar-refractivity contribution < 1.29 is 22.7 Å². The Morgan fingerprint density at radius 2 is 2.06 bits per heavy atom. The molecule has 17 heavy (non-hydrogen) atoms. The van der Waals surface area contributed by atoms with Crippen LogP contribution in [0.15, 0.2) is 0 Å². The van der Waals surface area contributed by atoms with Gasteiger partial charge in [-0.05, 0) is 19.3 Å². The fourth-order valence-electron chi connectivity index (χ4n) is 1.85. The van der Waals surface area contributed by atoms with E-state index in [2.05, 4.69) is 5.32 Å². The molecule has 1 saturated heterocycles. The van der Waals surface area contributed by atoms with E-state index in [9.17, 15) is 18.0 Å². The van der Waals surface area contributed by atoms with Gasteiger partial charge in [-0.1, -0.05) is 0 Å². The van der Waals surface area contributed by atoms with Gasteiger partial charge >= 0.3 is 12.2 Å². The van der Waals surface area contributed by atoms with Gasteiger partial charge in [-0.25, -0.2) is 4.79 Å². The first kappa shape index (κ1) is 12.5. The average Bonchev–Trinajstić information content (AvgIpc) is 2.93. The Labute approximate surface area is 97.1 Å². The van der Waals surface area contributed by atoms with Crippen molar-refractivity contribution in [2.24, 2.45) is 0 Å². The Balaban J connectivity index is 1.88. The van der Waals surface area contributed by atoms with Crippen molar-refractivity contribution in [3.8, 4) is 0 Å². The zero-order chi connectivity index (χ0) is 12.5. The quantitative estimate of drug-likeness (QED) is 0.827. The van der Waals surface area contributed by atoms with Crippen molar-refractivity contribution in [1.29, 1.82) is 0 Å². The Kier molecular flexibility index (Phi) is 3.46. The second-order valence-electron chi connectivity index (χ2n) is 4.48. The van der Waals surface area contributed by atoms with Crippen LogP contribution in [0, 0.1) is 0 Å². The number of halogens is 3. The van der Waals surface area contributed by atoms with Crippen LogP contribution in [0.2, 0.25) is 0 Å². The second-order valence-corrected chi connectivity index (χ2v) is 4.48. The molecule has 0 radical (unpaired) electrons. The van der Waals surface area contributed by atoms with Gasteiger partial charge in [-0.15, -0.1) is 0 Å². The van der Waals surface area contributed by atoms with Gasteiger partial charge in [-0.3, -0.25) is 0 Å². The number of carbonyl (C=O) groups excluding carboxylic acids is 1. The second kappa shape index (κ2) is 4.72. The van der Waals surface area contributed by atoms with Crippen LogP contribution < -0.4 is 5.32 Å². The lowest BCUT2D eigenvalue weighted by Crippen LogP contribution is -2.49. The summed E-state index contributed by atoms with van der Waals surface area (Å²) in [5.41, 5.74) is 0. The molecule has 1 aliphatic heterocycles. The number of hydrogen-bond donors (Lipinski definition) is 1. The summed E-state index contributed by atoms with van der Waals surface area (Å²) in [7, 11) is 0. The molecule has 0 aromatic carbocycles. The molecule has 7 heteroatoms. The lowest BCUT2D eigenvalue weighted by atomic mass is 10.3. The number of carbonyl (C=O) groups is 1. The van der Waals surface area contributed by atoms with E-state index in [0.717, 1.165) is 4.90 Å². The molecule has 2 fully saturated rings. The van der Waals surface area contributed by atoms with Crippen molar-refractivity contribution in [2.75, 3.05) is 19.8 Å². The number of alkyl halides is 3. The Morgan fingerprint density at radius 3 is 2.53 bits per heavy atom. The van der Waals surface area contributed by atoms with Crippen molar-refractivity contribution in [1.82, 2.24) is 10.2 Å². The van der Waals surface area contributed by atoms with Crippen LogP contribution in [0.5, 0.6) is 0 Å². The van der Waals surface area contributed by atoms with Crippen LogP contribution in [0.1, 0.15) is 19.3 Å². The Bertz CT molecular complexity index is 286. The van der Waals surface area contributed by atoms with Crippen molar-refractivity contribution in [3.63, 3.8) is 0 Å². The number of urea groups is 1. The monoisotopic (exact) mass is 252 g/mol. The van der Waals surface area contributed by atoms with E-state index in [0.29, 0.717) is 32.5 Å². The molecule has 4 nitrogen and oxygen atoms in total. The van der Waals surface area contributed by atoms with Gasteiger partial charge in [0.1, 0.15) is 6.54 Å². The van der Waals surface area contributed by atoms with Crippen LogP contribution in [0.4, 0.5) is 18.0 Å². The van der Waals surface area contributed by atoms with Crippen molar-refractivity contribution >= 4 is 6.03 Å². The number of nitrogens with one attached hydrogen (secondary N) is 1. The zero-order valence-electron chi connectivity index (χ0n) is 9.29. The number of rotatable bonds is 3. The molecule has 0 bridgehead atoms. The van der Waals surface area contributed by atoms with Crippen molar-refractivity contribution in [3.05, 3.63) is 0 Å². The van der Waals surface area contributed by atoms with E-state index in [-0.39, 0.29) is 12.1 Å². The molecule has 1 saturated carbocycles. The maximum Gasteiger partial charge on any atom is 0.406 e. The zero-order valence-corrected chi connectivity index (χ0v) is 9.29. The molecule has 2 rings (SSSR count). The highest BCUT2D eigenvalue weighted by molar-refractivity contribution is 5.75. The highest BCUT2D eigenvalue weighted by Gasteiger charge is 2.41. The minimum absolute atomic E-state index is 0.156. The minimum atomic E-state index is -4.34. The van der Waals surface area contributed by atoms with Crippen LogP contribution in [-0.2, 0) is 4.74 Å². The maximum absolute atomic E-state index is 12.3. The summed E-state index contributed by atoms with van der Waals surface area (Å²) in [5, 5.41) is 2.58. The molecule has 2 amide bonds. The average molecular weight is 252 g/mol. The van der Waals surface area contributed by atoms with Crippen LogP contribution in [0.3, 0.4) is 0 Å². The van der Waals surface area contributed by atoms with E-state index in [1.807, 2.05) is 0 Å². The molecule has 1 heterocycles. The molecule has 2 aliphatic rings. The molecule has 1 unspecified atom stereocenters. The summed E-state index contributed by atoms with van der Waals surface area (Å²) in [6, 6.07) is -1.03. The summed E-state index contributed by atoms with van der Waals surface area (Å²) in [6.45, 7) is -0.235. The number of ether oxygens (including phenoxy) is 1. The Hall–Kier alpha value is -0.980. The number of amides is 2. The molecule has 1 atom stereocenters. The van der Waals surface area contributed by atoms with Crippen molar-refractivity contribution in [2.45, 2.75) is 37.5 Å². The van der Waals surface area contributed by atoms with Gasteiger partial charge in [0, 0.05) is 12.6 Å². The third-order valence-electron chi connectivity index (χ3n) is 2.86. The third kappa shape index (κ3) is 3.76. The molecule has 0 spiro atoms. The fraction of sp³-hybridized carbons (Fsp3) is 0.900. The van der Waals surface area contributed by atoms with Gasteiger partial charge in [0.15, 0.2) is 0 Å². The van der Waals surface area contributed by atoms with Gasteiger partial charge in [-0.2, -0.15) is 13.2 Å². The Morgan fingerprint density at radius 1 is 1.35 bits per heavy atom. The van der Waals surface area contributed by atoms with E-state index < -0.39 is 18.8 Å². The van der Waals surface area contributed by atoms with Gasteiger partial charge in [0.2, 0.25) is 0 Å². The number of hydrogen-bond acceptors (Lipinski definition) is 2. The van der Waals surface area contributed by atoms with Crippen LogP contribution in [-0.4, -0.2) is 48.9 Å². The molecular weight excluding hydrogens is 237 g/mol. The lowest BCUT2D eigenvalue weighted by Gasteiger charge is -2.25. The molecular formula is C10H15F3N2O2. The third-order valence-corrected chi connectivity index (χ3v) is 2.86. The molecule has 0 aromatic rings.